The predicted octanol–water partition coefficient (Wildman–Crippen LogP) is 2.19. The molecule has 10 heteroatoms. The smallest absolute Gasteiger partial charge is 0.263 e. The number of halogens is 1. The van der Waals surface area contributed by atoms with Crippen LogP contribution in [0.5, 0.6) is 0 Å². The number of benzene rings is 1. The molecule has 1 aliphatic carbocycles. The molecule has 0 radical (unpaired) electrons. The number of carbonyl (C=O) groups is 2. The molecular formula is C23H23FN6O3. The van der Waals surface area contributed by atoms with Crippen LogP contribution in [0.15, 0.2) is 41.6 Å². The Balaban J connectivity index is 1.54. The quantitative estimate of drug-likeness (QED) is 0.654. The van der Waals surface area contributed by atoms with Crippen LogP contribution in [0.1, 0.15) is 36.2 Å². The fourth-order valence-corrected chi connectivity index (χ4v) is 4.21. The highest BCUT2D eigenvalue weighted by molar-refractivity contribution is 6.05. The Labute approximate surface area is 188 Å². The minimum Gasteiger partial charge on any atom is -0.366 e. The molecule has 33 heavy (non-hydrogen) atoms. The molecule has 1 aliphatic heterocycles. The van der Waals surface area contributed by atoms with Gasteiger partial charge in [0.05, 0.1) is 11.2 Å². The minimum absolute atomic E-state index is 0.00270. The summed E-state index contributed by atoms with van der Waals surface area (Å²) >= 11 is 0. The van der Waals surface area contributed by atoms with Crippen LogP contribution in [0.4, 0.5) is 16.0 Å². The summed E-state index contributed by atoms with van der Waals surface area (Å²) in [7, 11) is 0. The highest BCUT2D eigenvalue weighted by atomic mass is 19.1. The van der Waals surface area contributed by atoms with Crippen LogP contribution in [0.3, 0.4) is 0 Å². The third kappa shape index (κ3) is 4.04. The maximum atomic E-state index is 15.2. The number of piperazine rings is 1. The number of anilines is 2. The summed E-state index contributed by atoms with van der Waals surface area (Å²) in [6.07, 6.45) is 6.36. The molecule has 170 valence electrons. The molecule has 1 saturated heterocycles. The fourth-order valence-electron chi connectivity index (χ4n) is 4.21. The Kier molecular flexibility index (Phi) is 5.27. The van der Waals surface area contributed by atoms with Crippen molar-refractivity contribution in [1.82, 2.24) is 19.4 Å². The van der Waals surface area contributed by atoms with Crippen molar-refractivity contribution < 1.29 is 14.0 Å². The first kappa shape index (κ1) is 21.0. The van der Waals surface area contributed by atoms with Crippen LogP contribution < -0.4 is 15.6 Å². The second-order valence-corrected chi connectivity index (χ2v) is 8.35. The van der Waals surface area contributed by atoms with E-state index >= 15 is 4.39 Å². The Bertz CT molecular complexity index is 1300. The lowest BCUT2D eigenvalue weighted by Gasteiger charge is -2.36. The summed E-state index contributed by atoms with van der Waals surface area (Å²) in [6.45, 7) is 3.57. The van der Waals surface area contributed by atoms with Crippen molar-refractivity contribution in [2.75, 3.05) is 36.4 Å². The Morgan fingerprint density at radius 1 is 1.09 bits per heavy atom. The third-order valence-corrected chi connectivity index (χ3v) is 6.14. The number of rotatable bonds is 4. The number of nitrogens with one attached hydrogen (secondary N) is 1. The van der Waals surface area contributed by atoms with E-state index in [0.29, 0.717) is 37.4 Å². The molecule has 3 heterocycles. The summed E-state index contributed by atoms with van der Waals surface area (Å²) in [5, 5.41) is 2.69. The normalized spacial score (nSPS) is 16.2. The van der Waals surface area contributed by atoms with Crippen LogP contribution in [-0.4, -0.2) is 57.4 Å². The molecule has 0 atom stereocenters. The number of amides is 2. The van der Waals surface area contributed by atoms with E-state index in [1.165, 1.54) is 25.4 Å². The van der Waals surface area contributed by atoms with Crippen molar-refractivity contribution in [1.29, 1.82) is 0 Å². The van der Waals surface area contributed by atoms with E-state index in [4.69, 9.17) is 0 Å². The average molecular weight is 450 g/mol. The molecule has 0 unspecified atom stereocenters. The van der Waals surface area contributed by atoms with Crippen molar-refractivity contribution in [2.45, 2.75) is 25.8 Å². The number of hydrogen-bond donors (Lipinski definition) is 1. The van der Waals surface area contributed by atoms with Crippen molar-refractivity contribution >= 4 is 34.4 Å². The largest absolute Gasteiger partial charge is 0.366 e. The predicted molar refractivity (Wildman–Crippen MR) is 121 cm³/mol. The number of nitrogens with zero attached hydrogens (tertiary/aromatic N) is 5. The molecule has 1 saturated carbocycles. The number of fused-ring (bicyclic) bond motifs is 1. The summed E-state index contributed by atoms with van der Waals surface area (Å²) in [5.74, 6) is -1.07. The molecule has 2 fully saturated rings. The molecule has 2 aliphatic rings. The second-order valence-electron chi connectivity index (χ2n) is 8.35. The molecular weight excluding hydrogens is 427 g/mol. The van der Waals surface area contributed by atoms with Gasteiger partial charge in [0.1, 0.15) is 11.4 Å². The Morgan fingerprint density at radius 2 is 1.79 bits per heavy atom. The van der Waals surface area contributed by atoms with Crippen LogP contribution in [0.2, 0.25) is 0 Å². The highest BCUT2D eigenvalue weighted by Gasteiger charge is 2.29. The van der Waals surface area contributed by atoms with Gasteiger partial charge in [0.25, 0.3) is 5.91 Å². The number of pyridine rings is 1. The summed E-state index contributed by atoms with van der Waals surface area (Å²) in [5.41, 5.74) is 0.376. The molecule has 3 aromatic rings. The van der Waals surface area contributed by atoms with E-state index in [0.717, 1.165) is 12.8 Å². The Morgan fingerprint density at radius 3 is 2.42 bits per heavy atom. The van der Waals surface area contributed by atoms with Gasteiger partial charge >= 0.3 is 0 Å². The van der Waals surface area contributed by atoms with E-state index in [-0.39, 0.29) is 28.8 Å². The Hall–Kier alpha value is -3.82. The van der Waals surface area contributed by atoms with Gasteiger partial charge in [0, 0.05) is 63.1 Å². The molecule has 2 aromatic heterocycles. The van der Waals surface area contributed by atoms with Gasteiger partial charge in [0.15, 0.2) is 0 Å². The van der Waals surface area contributed by atoms with Gasteiger partial charge in [-0.15, -0.1) is 0 Å². The lowest BCUT2D eigenvalue weighted by atomic mass is 10.1. The van der Waals surface area contributed by atoms with Gasteiger partial charge in [-0.3, -0.25) is 19.7 Å². The minimum atomic E-state index is -0.632. The molecule has 9 nitrogen and oxygen atoms in total. The first-order chi connectivity index (χ1) is 15.9. The van der Waals surface area contributed by atoms with Crippen LogP contribution in [-0.2, 0) is 4.79 Å². The van der Waals surface area contributed by atoms with Crippen LogP contribution >= 0.6 is 0 Å². The average Bonchev–Trinajstić information content (AvgIpc) is 3.65. The molecule has 5 rings (SSSR count). The summed E-state index contributed by atoms with van der Waals surface area (Å²) in [4.78, 5) is 49.1. The lowest BCUT2D eigenvalue weighted by Crippen LogP contribution is -2.48. The van der Waals surface area contributed by atoms with Gasteiger partial charge < -0.3 is 14.4 Å². The zero-order valence-corrected chi connectivity index (χ0v) is 18.1. The number of hydrogen-bond acceptors (Lipinski definition) is 6. The van der Waals surface area contributed by atoms with E-state index < -0.39 is 17.2 Å². The number of carbonyl (C=O) groups excluding carboxylic acids is 2. The number of aromatic nitrogens is 3. The maximum Gasteiger partial charge on any atom is 0.263 e. The maximum absolute atomic E-state index is 15.2. The van der Waals surface area contributed by atoms with Crippen LogP contribution in [0.25, 0.3) is 10.9 Å². The van der Waals surface area contributed by atoms with Crippen molar-refractivity contribution in [3.63, 3.8) is 0 Å². The highest BCUT2D eigenvalue weighted by Crippen LogP contribution is 2.38. The van der Waals surface area contributed by atoms with Gasteiger partial charge in [-0.2, -0.15) is 0 Å². The lowest BCUT2D eigenvalue weighted by molar-refractivity contribution is -0.129. The van der Waals surface area contributed by atoms with Gasteiger partial charge in [-0.05, 0) is 31.0 Å². The van der Waals surface area contributed by atoms with E-state index in [2.05, 4.69) is 15.3 Å². The van der Waals surface area contributed by atoms with E-state index in [9.17, 15) is 14.4 Å². The van der Waals surface area contributed by atoms with Crippen LogP contribution in [0, 0.1) is 5.82 Å². The van der Waals surface area contributed by atoms with E-state index in [1.807, 2.05) is 9.47 Å². The molecule has 2 amide bonds. The first-order valence-electron chi connectivity index (χ1n) is 10.9. The first-order valence-corrected chi connectivity index (χ1v) is 10.9. The van der Waals surface area contributed by atoms with Gasteiger partial charge in [0.2, 0.25) is 17.3 Å². The standard InChI is InChI=1S/C23H23FN6O3/c1-14(31)28-7-9-29(10-8-28)20-12-19-16(11-18(20)24)21(32)17(13-30(19)15-3-4-15)22(33)27-23-25-5-2-6-26-23/h2,5-6,11-13,15H,3-4,7-10H2,1H3,(H,25,26,27,33). The topological polar surface area (TPSA) is 100 Å². The summed E-state index contributed by atoms with van der Waals surface area (Å²) < 4.78 is 17.1. The monoisotopic (exact) mass is 450 g/mol. The van der Waals surface area contributed by atoms with Crippen molar-refractivity contribution in [2.24, 2.45) is 0 Å². The van der Waals surface area contributed by atoms with Crippen molar-refractivity contribution in [3.8, 4) is 0 Å². The van der Waals surface area contributed by atoms with Gasteiger partial charge in [-0.1, -0.05) is 0 Å². The molecule has 0 spiro atoms. The SMILES string of the molecule is CC(=O)N1CCN(c2cc3c(cc2F)c(=O)c(C(=O)Nc2ncccn2)cn3C2CC2)CC1. The second kappa shape index (κ2) is 8.27. The van der Waals surface area contributed by atoms with E-state index in [1.54, 1.807) is 23.2 Å². The van der Waals surface area contributed by atoms with Gasteiger partial charge in [-0.25, -0.2) is 14.4 Å². The molecule has 0 bridgehead atoms. The molecule has 1 aromatic carbocycles. The zero-order chi connectivity index (χ0) is 23.1. The zero-order valence-electron chi connectivity index (χ0n) is 18.1. The third-order valence-electron chi connectivity index (χ3n) is 6.14. The van der Waals surface area contributed by atoms with Crippen molar-refractivity contribution in [3.05, 3.63) is 58.4 Å². The summed E-state index contributed by atoms with van der Waals surface area (Å²) in [6, 6.07) is 4.68. The fraction of sp³-hybridized carbons (Fsp3) is 0.348. The molecule has 1 N–H and O–H groups in total.